The summed E-state index contributed by atoms with van der Waals surface area (Å²) < 4.78 is 1.65. The molecule has 0 aliphatic rings. The minimum absolute atomic E-state index is 0.0492. The van der Waals surface area contributed by atoms with E-state index >= 15 is 0 Å². The van der Waals surface area contributed by atoms with E-state index in [-0.39, 0.29) is 17.3 Å². The van der Waals surface area contributed by atoms with E-state index in [0.717, 1.165) is 16.8 Å². The molecule has 0 unspecified atom stereocenters. The zero-order chi connectivity index (χ0) is 19.7. The molecule has 8 heteroatoms. The van der Waals surface area contributed by atoms with E-state index in [1.807, 2.05) is 32.0 Å². The molecule has 2 heterocycles. The van der Waals surface area contributed by atoms with Crippen molar-refractivity contribution in [3.05, 3.63) is 51.8 Å². The Morgan fingerprint density at radius 3 is 2.56 bits per heavy atom. The maximum absolute atomic E-state index is 12.7. The Kier molecular flexibility index (Phi) is 5.27. The van der Waals surface area contributed by atoms with Gasteiger partial charge in [0.05, 0.1) is 17.1 Å². The Morgan fingerprint density at radius 1 is 1.15 bits per heavy atom. The lowest BCUT2D eigenvalue weighted by Gasteiger charge is -2.09. The van der Waals surface area contributed by atoms with Crippen LogP contribution >= 0.6 is 11.8 Å². The summed E-state index contributed by atoms with van der Waals surface area (Å²) in [7, 11) is 0. The lowest BCUT2D eigenvalue weighted by atomic mass is 10.1. The van der Waals surface area contributed by atoms with E-state index in [4.69, 9.17) is 0 Å². The zero-order valence-corrected chi connectivity index (χ0v) is 16.8. The third-order valence-corrected chi connectivity index (χ3v) is 5.57. The van der Waals surface area contributed by atoms with Gasteiger partial charge < -0.3 is 4.98 Å². The molecule has 7 nitrogen and oxygen atoms in total. The van der Waals surface area contributed by atoms with Gasteiger partial charge in [0.2, 0.25) is 5.16 Å². The van der Waals surface area contributed by atoms with Gasteiger partial charge in [0.15, 0.2) is 11.6 Å². The standard InChI is InChI=1S/C19H21N5O2S/c1-10-7-6-8-15(11(10)2)24-19(21-22-23-24)27-9-16(26)18-12(3)17(14(5)25)13(4)20-18/h6-8,20H,9H2,1-5H3. The topological polar surface area (TPSA) is 93.5 Å². The highest BCUT2D eigenvalue weighted by atomic mass is 32.2. The number of carbonyl (C=O) groups is 2. The van der Waals surface area contributed by atoms with Crippen molar-refractivity contribution in [2.75, 3.05) is 5.75 Å². The summed E-state index contributed by atoms with van der Waals surface area (Å²) in [5.41, 5.74) is 5.58. The normalized spacial score (nSPS) is 11.0. The van der Waals surface area contributed by atoms with Gasteiger partial charge >= 0.3 is 0 Å². The zero-order valence-electron chi connectivity index (χ0n) is 16.0. The number of aromatic amines is 1. The van der Waals surface area contributed by atoms with Gasteiger partial charge in [0.25, 0.3) is 0 Å². The van der Waals surface area contributed by atoms with Crippen molar-refractivity contribution < 1.29 is 9.59 Å². The molecular formula is C19H21N5O2S. The van der Waals surface area contributed by atoms with Crippen LogP contribution in [0.2, 0.25) is 0 Å². The Bertz CT molecular complexity index is 1030. The third kappa shape index (κ3) is 3.57. The fourth-order valence-electron chi connectivity index (χ4n) is 3.14. The van der Waals surface area contributed by atoms with Crippen molar-refractivity contribution >= 4 is 23.3 Å². The summed E-state index contributed by atoms with van der Waals surface area (Å²) in [6.45, 7) is 9.14. The molecule has 0 aliphatic carbocycles. The second-order valence-corrected chi connectivity index (χ2v) is 7.43. The smallest absolute Gasteiger partial charge is 0.214 e. The Labute approximate surface area is 161 Å². The summed E-state index contributed by atoms with van der Waals surface area (Å²) in [5, 5.41) is 12.4. The van der Waals surface area contributed by atoms with Crippen LogP contribution in [0.4, 0.5) is 0 Å². The quantitative estimate of drug-likeness (QED) is 0.518. The molecule has 3 rings (SSSR count). The van der Waals surface area contributed by atoms with Crippen LogP contribution in [0, 0.1) is 27.7 Å². The highest BCUT2D eigenvalue weighted by Crippen LogP contribution is 2.24. The molecule has 1 N–H and O–H groups in total. The van der Waals surface area contributed by atoms with Gasteiger partial charge in [-0.1, -0.05) is 23.9 Å². The van der Waals surface area contributed by atoms with E-state index in [0.29, 0.717) is 27.7 Å². The van der Waals surface area contributed by atoms with E-state index in [1.54, 1.807) is 18.5 Å². The molecule has 0 aliphatic heterocycles. The second kappa shape index (κ2) is 7.48. The van der Waals surface area contributed by atoms with Crippen LogP contribution in [-0.4, -0.2) is 42.5 Å². The van der Waals surface area contributed by atoms with Gasteiger partial charge in [-0.25, -0.2) is 0 Å². The summed E-state index contributed by atoms with van der Waals surface area (Å²) in [6.07, 6.45) is 0. The molecule has 0 saturated heterocycles. The second-order valence-electron chi connectivity index (χ2n) is 6.49. The molecule has 2 aromatic heterocycles. The van der Waals surface area contributed by atoms with Gasteiger partial charge in [-0.05, 0) is 67.8 Å². The summed E-state index contributed by atoms with van der Waals surface area (Å²) in [6, 6.07) is 5.93. The van der Waals surface area contributed by atoms with E-state index in [2.05, 4.69) is 20.5 Å². The summed E-state index contributed by atoms with van der Waals surface area (Å²) >= 11 is 1.27. The minimum atomic E-state index is -0.0939. The number of hydrogen-bond acceptors (Lipinski definition) is 6. The predicted molar refractivity (Wildman–Crippen MR) is 104 cm³/mol. The van der Waals surface area contributed by atoms with Crippen LogP contribution in [0.5, 0.6) is 0 Å². The number of carbonyl (C=O) groups excluding carboxylic acids is 2. The number of aromatic nitrogens is 5. The molecule has 27 heavy (non-hydrogen) atoms. The number of Topliss-reactive ketones (excluding diaryl/α,β-unsaturated/α-hetero) is 2. The largest absolute Gasteiger partial charge is 0.355 e. The van der Waals surface area contributed by atoms with E-state index < -0.39 is 0 Å². The van der Waals surface area contributed by atoms with Gasteiger partial charge in [0, 0.05) is 11.3 Å². The highest BCUT2D eigenvalue weighted by molar-refractivity contribution is 7.99. The SMILES string of the molecule is CC(=O)c1c(C)[nH]c(C(=O)CSc2nnnn2-c2cccc(C)c2C)c1C. The van der Waals surface area contributed by atoms with Gasteiger partial charge in [-0.3, -0.25) is 9.59 Å². The Morgan fingerprint density at radius 2 is 1.89 bits per heavy atom. The maximum atomic E-state index is 12.7. The van der Waals surface area contributed by atoms with E-state index in [1.165, 1.54) is 18.7 Å². The van der Waals surface area contributed by atoms with Crippen molar-refractivity contribution in [3.63, 3.8) is 0 Å². The molecular weight excluding hydrogens is 362 g/mol. The van der Waals surface area contributed by atoms with Crippen LogP contribution in [0.1, 0.15) is 50.2 Å². The van der Waals surface area contributed by atoms with Crippen LogP contribution in [0.15, 0.2) is 23.4 Å². The lowest BCUT2D eigenvalue weighted by molar-refractivity contribution is 0.101. The van der Waals surface area contributed by atoms with Crippen LogP contribution in [0.3, 0.4) is 0 Å². The van der Waals surface area contributed by atoms with Crippen molar-refractivity contribution in [3.8, 4) is 5.69 Å². The van der Waals surface area contributed by atoms with Gasteiger partial charge in [-0.2, -0.15) is 4.68 Å². The number of rotatable bonds is 6. The first kappa shape index (κ1) is 19.0. The fraction of sp³-hybridized carbons (Fsp3) is 0.316. The van der Waals surface area contributed by atoms with Crippen molar-refractivity contribution in [2.45, 2.75) is 39.8 Å². The monoisotopic (exact) mass is 383 g/mol. The van der Waals surface area contributed by atoms with Gasteiger partial charge in [-0.15, -0.1) is 5.10 Å². The lowest BCUT2D eigenvalue weighted by Crippen LogP contribution is -2.08. The molecule has 1 aromatic carbocycles. The number of nitrogens with one attached hydrogen (secondary N) is 1. The number of tetrazole rings is 1. The molecule has 3 aromatic rings. The molecule has 0 amide bonds. The average Bonchev–Trinajstić information content (AvgIpc) is 3.19. The number of benzene rings is 1. The molecule has 140 valence electrons. The Balaban J connectivity index is 1.82. The number of nitrogens with zero attached hydrogens (tertiary/aromatic N) is 4. The molecule has 0 radical (unpaired) electrons. The first-order chi connectivity index (χ1) is 12.8. The fourth-order valence-corrected chi connectivity index (χ4v) is 3.90. The molecule has 0 bridgehead atoms. The summed E-state index contributed by atoms with van der Waals surface area (Å²) in [5.74, 6) is 0.0269. The molecule has 0 spiro atoms. The maximum Gasteiger partial charge on any atom is 0.214 e. The number of hydrogen-bond donors (Lipinski definition) is 1. The number of H-pyrrole nitrogens is 1. The van der Waals surface area contributed by atoms with Crippen LogP contribution in [0.25, 0.3) is 5.69 Å². The minimum Gasteiger partial charge on any atom is -0.355 e. The first-order valence-corrected chi connectivity index (χ1v) is 9.51. The van der Waals surface area contributed by atoms with E-state index in [9.17, 15) is 9.59 Å². The van der Waals surface area contributed by atoms with Crippen molar-refractivity contribution in [2.24, 2.45) is 0 Å². The highest BCUT2D eigenvalue weighted by Gasteiger charge is 2.21. The first-order valence-electron chi connectivity index (χ1n) is 8.52. The number of thioether (sulfide) groups is 1. The predicted octanol–water partition coefficient (Wildman–Crippen LogP) is 3.40. The average molecular weight is 383 g/mol. The van der Waals surface area contributed by atoms with Crippen LogP contribution in [-0.2, 0) is 0 Å². The Hall–Kier alpha value is -2.74. The van der Waals surface area contributed by atoms with Crippen molar-refractivity contribution in [1.82, 2.24) is 25.2 Å². The van der Waals surface area contributed by atoms with Gasteiger partial charge in [0.1, 0.15) is 0 Å². The summed E-state index contributed by atoms with van der Waals surface area (Å²) in [4.78, 5) is 27.5. The van der Waals surface area contributed by atoms with Crippen LogP contribution < -0.4 is 0 Å². The molecule has 0 atom stereocenters. The third-order valence-electron chi connectivity index (χ3n) is 4.65. The molecule has 0 saturated carbocycles. The molecule has 0 fully saturated rings. The van der Waals surface area contributed by atoms with Crippen molar-refractivity contribution in [1.29, 1.82) is 0 Å². The number of aryl methyl sites for hydroxylation is 2. The number of ketones is 2.